The quantitative estimate of drug-likeness (QED) is 0.920. The zero-order valence-electron chi connectivity index (χ0n) is 10.4. The number of benzene rings is 1. The molecule has 106 valence electrons. The monoisotopic (exact) mass is 275 g/mol. The molecule has 1 saturated heterocycles. The Morgan fingerprint density at radius 3 is 2.47 bits per heavy atom. The number of alkyl halides is 3. The van der Waals surface area contributed by atoms with Crippen LogP contribution in [-0.4, -0.2) is 29.6 Å². The molecule has 1 unspecified atom stereocenters. The van der Waals surface area contributed by atoms with Crippen LogP contribution in [0.3, 0.4) is 0 Å². The fraction of sp³-hybridized carbons (Fsp3) is 0.538. The first-order valence-electron chi connectivity index (χ1n) is 6.20. The van der Waals surface area contributed by atoms with E-state index in [0.29, 0.717) is 0 Å². The van der Waals surface area contributed by atoms with Crippen molar-refractivity contribution in [2.75, 3.05) is 13.3 Å². The molecule has 6 heteroatoms. The Morgan fingerprint density at radius 1 is 1.21 bits per heavy atom. The normalized spacial score (nSPS) is 21.4. The molecule has 1 heterocycles. The molecule has 1 N–H and O–H groups in total. The molecule has 0 aliphatic carbocycles. The summed E-state index contributed by atoms with van der Waals surface area (Å²) in [7, 11) is 0. The van der Waals surface area contributed by atoms with E-state index in [1.807, 2.05) is 4.90 Å². The molecule has 1 fully saturated rings. The molecular weight excluding hydrogens is 259 g/mol. The second kappa shape index (κ2) is 5.79. The number of piperidine rings is 1. The Morgan fingerprint density at radius 2 is 1.89 bits per heavy atom. The molecular formula is C13H16F3NO2. The van der Waals surface area contributed by atoms with E-state index < -0.39 is 6.36 Å². The molecule has 3 nitrogen and oxygen atoms in total. The number of likely N-dealkylation sites (tertiary alicyclic amines) is 1. The van der Waals surface area contributed by atoms with Gasteiger partial charge in [0.25, 0.3) is 0 Å². The van der Waals surface area contributed by atoms with Gasteiger partial charge in [-0.05, 0) is 30.5 Å². The van der Waals surface area contributed by atoms with Crippen LogP contribution in [0.5, 0.6) is 5.75 Å². The number of hydrogen-bond acceptors (Lipinski definition) is 3. The number of rotatable bonds is 3. The van der Waals surface area contributed by atoms with Crippen molar-refractivity contribution >= 4 is 0 Å². The van der Waals surface area contributed by atoms with Gasteiger partial charge in [-0.25, -0.2) is 0 Å². The lowest BCUT2D eigenvalue weighted by molar-refractivity contribution is -0.274. The maximum absolute atomic E-state index is 12.0. The van der Waals surface area contributed by atoms with Crippen molar-refractivity contribution in [1.29, 1.82) is 0 Å². The fourth-order valence-electron chi connectivity index (χ4n) is 2.43. The summed E-state index contributed by atoms with van der Waals surface area (Å²) >= 11 is 0. The third kappa shape index (κ3) is 3.84. The summed E-state index contributed by atoms with van der Waals surface area (Å²) in [5, 5.41) is 9.28. The van der Waals surface area contributed by atoms with Gasteiger partial charge in [0.05, 0.1) is 6.73 Å². The zero-order chi connectivity index (χ0) is 13.9. The van der Waals surface area contributed by atoms with Crippen LogP contribution in [0.25, 0.3) is 0 Å². The van der Waals surface area contributed by atoms with Crippen LogP contribution < -0.4 is 4.74 Å². The SMILES string of the molecule is OCN1CCCCC1c1ccc(OC(F)(F)F)cc1. The summed E-state index contributed by atoms with van der Waals surface area (Å²) in [5.41, 5.74) is 0.906. The van der Waals surface area contributed by atoms with E-state index in [9.17, 15) is 18.3 Å². The third-order valence-corrected chi connectivity index (χ3v) is 3.29. The average Bonchev–Trinajstić information content (AvgIpc) is 2.38. The molecule has 0 spiro atoms. The molecule has 1 aromatic carbocycles. The van der Waals surface area contributed by atoms with Crippen LogP contribution in [0, 0.1) is 0 Å². The summed E-state index contributed by atoms with van der Waals surface area (Å²) in [6.45, 7) is 0.771. The maximum Gasteiger partial charge on any atom is 0.573 e. The van der Waals surface area contributed by atoms with Gasteiger partial charge in [0, 0.05) is 12.6 Å². The molecule has 1 atom stereocenters. The predicted octanol–water partition coefficient (Wildman–Crippen LogP) is 3.06. The molecule has 1 aromatic rings. The Balaban J connectivity index is 2.08. The van der Waals surface area contributed by atoms with Crippen molar-refractivity contribution in [3.63, 3.8) is 0 Å². The van der Waals surface area contributed by atoms with E-state index in [1.54, 1.807) is 12.1 Å². The highest BCUT2D eigenvalue weighted by Gasteiger charge is 2.31. The van der Waals surface area contributed by atoms with Crippen LogP contribution in [0.2, 0.25) is 0 Å². The highest BCUT2D eigenvalue weighted by molar-refractivity contribution is 5.29. The molecule has 1 aliphatic rings. The molecule has 2 rings (SSSR count). The number of aliphatic hydroxyl groups excluding tert-OH is 1. The van der Waals surface area contributed by atoms with E-state index in [-0.39, 0.29) is 18.5 Å². The third-order valence-electron chi connectivity index (χ3n) is 3.29. The molecule has 0 amide bonds. The lowest BCUT2D eigenvalue weighted by Gasteiger charge is -2.34. The molecule has 1 aliphatic heterocycles. The first-order chi connectivity index (χ1) is 8.99. The molecule has 0 radical (unpaired) electrons. The fourth-order valence-corrected chi connectivity index (χ4v) is 2.43. The second-order valence-electron chi connectivity index (χ2n) is 4.58. The number of hydrogen-bond donors (Lipinski definition) is 1. The van der Waals surface area contributed by atoms with Crippen LogP contribution >= 0.6 is 0 Å². The number of halogens is 3. The van der Waals surface area contributed by atoms with E-state index in [0.717, 1.165) is 31.4 Å². The highest BCUT2D eigenvalue weighted by Crippen LogP contribution is 2.32. The Kier molecular flexibility index (Phi) is 4.31. The van der Waals surface area contributed by atoms with Crippen LogP contribution in [0.4, 0.5) is 13.2 Å². The topological polar surface area (TPSA) is 32.7 Å². The van der Waals surface area contributed by atoms with E-state index >= 15 is 0 Å². The summed E-state index contributed by atoms with van der Waals surface area (Å²) in [5.74, 6) is -0.220. The highest BCUT2D eigenvalue weighted by atomic mass is 19.4. The first-order valence-corrected chi connectivity index (χ1v) is 6.20. The van der Waals surface area contributed by atoms with Crippen molar-refractivity contribution in [2.24, 2.45) is 0 Å². The minimum absolute atomic E-state index is 0.0362. The number of ether oxygens (including phenoxy) is 1. The van der Waals surface area contributed by atoms with Crippen LogP contribution in [-0.2, 0) is 0 Å². The van der Waals surface area contributed by atoms with Gasteiger partial charge in [-0.3, -0.25) is 4.90 Å². The van der Waals surface area contributed by atoms with Gasteiger partial charge in [0.2, 0.25) is 0 Å². The Hall–Kier alpha value is -1.27. The van der Waals surface area contributed by atoms with Gasteiger partial charge in [-0.1, -0.05) is 18.6 Å². The minimum atomic E-state index is -4.66. The lowest BCUT2D eigenvalue weighted by Crippen LogP contribution is -2.34. The molecule has 0 bridgehead atoms. The van der Waals surface area contributed by atoms with Gasteiger partial charge in [0.15, 0.2) is 0 Å². The van der Waals surface area contributed by atoms with Crippen LogP contribution in [0.15, 0.2) is 24.3 Å². The second-order valence-corrected chi connectivity index (χ2v) is 4.58. The zero-order valence-corrected chi connectivity index (χ0v) is 10.4. The van der Waals surface area contributed by atoms with Gasteiger partial charge in [-0.2, -0.15) is 0 Å². The smallest absolute Gasteiger partial charge is 0.406 e. The summed E-state index contributed by atoms with van der Waals surface area (Å²) < 4.78 is 40.0. The average molecular weight is 275 g/mol. The van der Waals surface area contributed by atoms with Crippen molar-refractivity contribution in [2.45, 2.75) is 31.7 Å². The van der Waals surface area contributed by atoms with E-state index in [1.165, 1.54) is 12.1 Å². The lowest BCUT2D eigenvalue weighted by atomic mass is 9.96. The van der Waals surface area contributed by atoms with Crippen molar-refractivity contribution in [1.82, 2.24) is 4.90 Å². The van der Waals surface area contributed by atoms with Gasteiger partial charge in [-0.15, -0.1) is 13.2 Å². The number of nitrogens with zero attached hydrogens (tertiary/aromatic N) is 1. The number of aliphatic hydroxyl groups is 1. The maximum atomic E-state index is 12.0. The minimum Gasteiger partial charge on any atom is -0.406 e. The largest absolute Gasteiger partial charge is 0.573 e. The van der Waals surface area contributed by atoms with Crippen LogP contribution in [0.1, 0.15) is 30.9 Å². The summed E-state index contributed by atoms with van der Waals surface area (Å²) in [4.78, 5) is 1.92. The molecule has 0 saturated carbocycles. The summed E-state index contributed by atoms with van der Waals surface area (Å²) in [6.07, 6.45) is -1.67. The van der Waals surface area contributed by atoms with Crippen molar-refractivity contribution < 1.29 is 23.0 Å². The van der Waals surface area contributed by atoms with E-state index in [4.69, 9.17) is 0 Å². The van der Waals surface area contributed by atoms with Crippen molar-refractivity contribution in [3.05, 3.63) is 29.8 Å². The standard InChI is InChI=1S/C13H16F3NO2/c14-13(15,16)19-11-6-4-10(5-7-11)12-3-1-2-8-17(12)9-18/h4-7,12,18H,1-3,8-9H2. The van der Waals surface area contributed by atoms with Gasteiger partial charge < -0.3 is 9.84 Å². The molecule has 0 aromatic heterocycles. The first kappa shape index (κ1) is 14.1. The van der Waals surface area contributed by atoms with Gasteiger partial charge in [0.1, 0.15) is 5.75 Å². The predicted molar refractivity (Wildman–Crippen MR) is 63.5 cm³/mol. The summed E-state index contributed by atoms with van der Waals surface area (Å²) in [6, 6.07) is 5.94. The Labute approximate surface area is 109 Å². The van der Waals surface area contributed by atoms with Gasteiger partial charge >= 0.3 is 6.36 Å². The molecule has 19 heavy (non-hydrogen) atoms. The van der Waals surface area contributed by atoms with Crippen molar-refractivity contribution in [3.8, 4) is 5.75 Å². The van der Waals surface area contributed by atoms with E-state index in [2.05, 4.69) is 4.74 Å². The Bertz CT molecular complexity index is 405.